The Morgan fingerprint density at radius 3 is 2.62 bits per heavy atom. The summed E-state index contributed by atoms with van der Waals surface area (Å²) in [6.45, 7) is 11.3. The average molecular weight is 490 g/mol. The monoisotopic (exact) mass is 489 g/mol. The Bertz CT molecular complexity index is 970. The molecule has 1 aromatic heterocycles. The Labute approximate surface area is 206 Å². The summed E-state index contributed by atoms with van der Waals surface area (Å²) >= 11 is 1.69. The lowest BCUT2D eigenvalue weighted by Gasteiger charge is -2.37. The van der Waals surface area contributed by atoms with Gasteiger partial charge in [0.25, 0.3) is 0 Å². The Hall–Kier alpha value is -2.61. The predicted molar refractivity (Wildman–Crippen MR) is 134 cm³/mol. The van der Waals surface area contributed by atoms with Crippen molar-refractivity contribution in [3.8, 4) is 5.75 Å². The zero-order valence-corrected chi connectivity index (χ0v) is 21.6. The molecule has 2 aromatic rings. The number of fused-ring (bicyclic) bond motifs is 1. The van der Waals surface area contributed by atoms with Crippen molar-refractivity contribution in [3.63, 3.8) is 0 Å². The highest BCUT2D eigenvalue weighted by Crippen LogP contribution is 2.34. The van der Waals surface area contributed by atoms with Crippen LogP contribution in [-0.4, -0.2) is 53.5 Å². The number of thiophene rings is 1. The molecule has 186 valence electrons. The smallest absolute Gasteiger partial charge is 0.318 e. The lowest BCUT2D eigenvalue weighted by molar-refractivity contribution is -0.135. The van der Waals surface area contributed by atoms with E-state index in [4.69, 9.17) is 4.74 Å². The first-order valence-electron chi connectivity index (χ1n) is 11.9. The molecule has 6 nitrogen and oxygen atoms in total. The minimum Gasteiger partial charge on any atom is -0.491 e. The number of carbonyl (C=O) groups excluding carboxylic acids is 2. The van der Waals surface area contributed by atoms with Crippen molar-refractivity contribution in [1.82, 2.24) is 15.1 Å². The van der Waals surface area contributed by atoms with Crippen LogP contribution in [-0.2, 0) is 11.2 Å². The molecule has 0 fully saturated rings. The maximum atomic E-state index is 13.5. The number of carbonyl (C=O) groups is 2. The zero-order valence-electron chi connectivity index (χ0n) is 20.8. The van der Waals surface area contributed by atoms with Gasteiger partial charge in [-0.3, -0.25) is 4.79 Å². The van der Waals surface area contributed by atoms with Crippen molar-refractivity contribution < 1.29 is 18.7 Å². The van der Waals surface area contributed by atoms with Crippen LogP contribution in [0.25, 0.3) is 0 Å². The van der Waals surface area contributed by atoms with Gasteiger partial charge in [0.05, 0.1) is 6.04 Å². The lowest BCUT2D eigenvalue weighted by Crippen LogP contribution is -2.53. The van der Waals surface area contributed by atoms with Gasteiger partial charge in [-0.05, 0) is 74.4 Å². The number of hydrogen-bond acceptors (Lipinski definition) is 4. The van der Waals surface area contributed by atoms with Gasteiger partial charge in [0.1, 0.15) is 24.7 Å². The largest absolute Gasteiger partial charge is 0.491 e. The van der Waals surface area contributed by atoms with Crippen LogP contribution in [0.3, 0.4) is 0 Å². The summed E-state index contributed by atoms with van der Waals surface area (Å²) in [4.78, 5) is 31.2. The molecule has 0 spiro atoms. The van der Waals surface area contributed by atoms with Crippen LogP contribution < -0.4 is 10.1 Å². The molecule has 3 rings (SSSR count). The first kappa shape index (κ1) is 26.0. The normalized spacial score (nSPS) is 16.5. The second kappa shape index (κ2) is 11.2. The lowest BCUT2D eigenvalue weighted by atomic mass is 10.00. The molecular formula is C26H36FN3O3S. The van der Waals surface area contributed by atoms with Crippen molar-refractivity contribution in [1.29, 1.82) is 0 Å². The standard InChI is InChI=1S/C26H36FN3O3S/c1-6-18(2)15-29(25(32)28-26(3,4)5)16-24(31)30-13-11-23-21(12-14-34-23)22(30)17-33-20-9-7-19(27)8-10-20/h7-10,12,14,18,22H,6,11,13,15-17H2,1-5H3,(H,28,32)/t18-,22-/m1/s1. The van der Waals surface area contributed by atoms with E-state index in [0.717, 1.165) is 18.4 Å². The third kappa shape index (κ3) is 6.95. The van der Waals surface area contributed by atoms with Crippen LogP contribution in [0.5, 0.6) is 5.75 Å². The average Bonchev–Trinajstić information content (AvgIpc) is 3.25. The Morgan fingerprint density at radius 1 is 1.26 bits per heavy atom. The molecule has 34 heavy (non-hydrogen) atoms. The molecule has 0 radical (unpaired) electrons. The van der Waals surface area contributed by atoms with Crippen LogP contribution in [0.1, 0.15) is 57.5 Å². The highest BCUT2D eigenvalue weighted by atomic mass is 32.1. The van der Waals surface area contributed by atoms with Gasteiger partial charge >= 0.3 is 6.03 Å². The zero-order chi connectivity index (χ0) is 24.9. The fourth-order valence-electron chi connectivity index (χ4n) is 3.96. The quantitative estimate of drug-likeness (QED) is 0.551. The fraction of sp³-hybridized carbons (Fsp3) is 0.538. The maximum Gasteiger partial charge on any atom is 0.318 e. The molecular weight excluding hydrogens is 453 g/mol. The first-order valence-corrected chi connectivity index (χ1v) is 12.8. The van der Waals surface area contributed by atoms with Crippen molar-refractivity contribution >= 4 is 23.3 Å². The number of hydrogen-bond donors (Lipinski definition) is 1. The summed E-state index contributed by atoms with van der Waals surface area (Å²) in [5.74, 6) is 0.411. The number of halogens is 1. The Morgan fingerprint density at radius 2 is 1.97 bits per heavy atom. The summed E-state index contributed by atoms with van der Waals surface area (Å²) in [7, 11) is 0. The molecule has 2 heterocycles. The van der Waals surface area contributed by atoms with E-state index in [2.05, 4.69) is 19.2 Å². The van der Waals surface area contributed by atoms with Gasteiger partial charge in [-0.2, -0.15) is 0 Å². The summed E-state index contributed by atoms with van der Waals surface area (Å²) < 4.78 is 19.2. The van der Waals surface area contributed by atoms with Crippen molar-refractivity contribution in [2.75, 3.05) is 26.2 Å². The molecule has 0 saturated heterocycles. The topological polar surface area (TPSA) is 61.9 Å². The number of nitrogens with zero attached hydrogens (tertiary/aromatic N) is 2. The highest BCUT2D eigenvalue weighted by Gasteiger charge is 2.34. The minimum atomic E-state index is -0.393. The van der Waals surface area contributed by atoms with Gasteiger partial charge in [-0.1, -0.05) is 20.3 Å². The minimum absolute atomic E-state index is 0.0127. The summed E-state index contributed by atoms with van der Waals surface area (Å²) in [5.41, 5.74) is 0.690. The molecule has 3 amide bonds. The highest BCUT2D eigenvalue weighted by molar-refractivity contribution is 7.10. The van der Waals surface area contributed by atoms with Gasteiger partial charge < -0.3 is 19.9 Å². The molecule has 0 bridgehead atoms. The van der Waals surface area contributed by atoms with Crippen LogP contribution >= 0.6 is 11.3 Å². The summed E-state index contributed by atoms with van der Waals surface area (Å²) in [6, 6.07) is 7.44. The van der Waals surface area contributed by atoms with Crippen LogP contribution in [0.4, 0.5) is 9.18 Å². The third-order valence-electron chi connectivity index (χ3n) is 5.96. The van der Waals surface area contributed by atoms with Crippen LogP contribution in [0, 0.1) is 11.7 Å². The number of urea groups is 1. The van der Waals surface area contributed by atoms with Gasteiger partial charge in [0.2, 0.25) is 5.91 Å². The van der Waals surface area contributed by atoms with E-state index in [1.165, 1.54) is 17.0 Å². The number of ether oxygens (including phenoxy) is 1. The fourth-order valence-corrected chi connectivity index (χ4v) is 4.89. The number of amides is 3. The van der Waals surface area contributed by atoms with Crippen molar-refractivity contribution in [2.45, 2.75) is 59.0 Å². The molecule has 0 unspecified atom stereocenters. The second-order valence-electron chi connectivity index (χ2n) is 9.99. The van der Waals surface area contributed by atoms with E-state index in [1.807, 2.05) is 37.1 Å². The Kier molecular flexibility index (Phi) is 8.57. The van der Waals surface area contributed by atoms with Gasteiger partial charge in [0.15, 0.2) is 0 Å². The SMILES string of the molecule is CC[C@@H](C)CN(CC(=O)N1CCc2sccc2[C@H]1COc1ccc(F)cc1)C(=O)NC(C)(C)C. The van der Waals surface area contributed by atoms with E-state index in [-0.39, 0.29) is 42.9 Å². The maximum absolute atomic E-state index is 13.5. The van der Waals surface area contributed by atoms with Crippen LogP contribution in [0.2, 0.25) is 0 Å². The van der Waals surface area contributed by atoms with E-state index >= 15 is 0 Å². The summed E-state index contributed by atoms with van der Waals surface area (Å²) in [6.07, 6.45) is 1.70. The number of benzene rings is 1. The second-order valence-corrected chi connectivity index (χ2v) is 11.0. The molecule has 8 heteroatoms. The van der Waals surface area contributed by atoms with E-state index < -0.39 is 5.54 Å². The molecule has 1 aliphatic rings. The van der Waals surface area contributed by atoms with Crippen molar-refractivity contribution in [2.24, 2.45) is 5.92 Å². The predicted octanol–water partition coefficient (Wildman–Crippen LogP) is 5.25. The number of rotatable bonds is 8. The molecule has 1 N–H and O–H groups in total. The summed E-state index contributed by atoms with van der Waals surface area (Å²) in [5, 5.41) is 5.03. The number of nitrogens with one attached hydrogen (secondary N) is 1. The van der Waals surface area contributed by atoms with Gasteiger partial charge in [-0.15, -0.1) is 11.3 Å². The molecule has 0 aliphatic carbocycles. The molecule has 1 aromatic carbocycles. The van der Waals surface area contributed by atoms with Crippen molar-refractivity contribution in [3.05, 3.63) is 52.0 Å². The van der Waals surface area contributed by atoms with E-state index in [1.54, 1.807) is 28.4 Å². The van der Waals surface area contributed by atoms with Crippen LogP contribution in [0.15, 0.2) is 35.7 Å². The van der Waals surface area contributed by atoms with E-state index in [9.17, 15) is 14.0 Å². The first-order chi connectivity index (χ1) is 16.1. The third-order valence-corrected chi connectivity index (χ3v) is 6.96. The Balaban J connectivity index is 1.77. The molecule has 0 saturated carbocycles. The van der Waals surface area contributed by atoms with Gasteiger partial charge in [-0.25, -0.2) is 9.18 Å². The molecule has 1 aliphatic heterocycles. The molecule has 2 atom stereocenters. The van der Waals surface area contributed by atoms with Gasteiger partial charge in [0, 0.05) is 23.5 Å². The van der Waals surface area contributed by atoms with E-state index in [0.29, 0.717) is 18.8 Å².